The summed E-state index contributed by atoms with van der Waals surface area (Å²) >= 11 is 0. The molecule has 1 amide bonds. The number of carbonyl (C=O) groups is 1. The second-order valence-corrected chi connectivity index (χ2v) is 9.73. The Labute approximate surface area is 174 Å². The molecular weight excluding hydrogens is 392 g/mol. The van der Waals surface area contributed by atoms with E-state index in [2.05, 4.69) is 5.32 Å². The van der Waals surface area contributed by atoms with Crippen molar-refractivity contribution >= 4 is 21.8 Å². The van der Waals surface area contributed by atoms with Gasteiger partial charge in [-0.15, -0.1) is 0 Å². The standard InChI is InChI=1S/C20H32N4O4S/c1-22(17-8-4-3-5-9-17)29(26,27)24-14-12-23(13-15-24)16-20(25)21-18-10-6-7-11-19(18)28-2/h6-7,10-11,17H,3-5,8-9,12-16H2,1-2H3,(H,21,25). The first kappa shape index (κ1) is 22.0. The van der Waals surface area contributed by atoms with Gasteiger partial charge in [0.2, 0.25) is 5.91 Å². The third-order valence-electron chi connectivity index (χ3n) is 5.86. The van der Waals surface area contributed by atoms with Crippen molar-refractivity contribution in [1.82, 2.24) is 13.5 Å². The minimum absolute atomic E-state index is 0.110. The number of piperazine rings is 1. The van der Waals surface area contributed by atoms with E-state index in [0.717, 1.165) is 25.7 Å². The highest BCUT2D eigenvalue weighted by atomic mass is 32.2. The molecule has 1 N–H and O–H groups in total. The number of ether oxygens (including phenoxy) is 1. The normalized spacial score (nSPS) is 20.0. The first-order valence-electron chi connectivity index (χ1n) is 10.3. The molecule has 0 unspecified atom stereocenters. The predicted molar refractivity (Wildman–Crippen MR) is 113 cm³/mol. The molecule has 1 heterocycles. The third kappa shape index (κ3) is 5.48. The zero-order chi connectivity index (χ0) is 20.9. The van der Waals surface area contributed by atoms with Crippen molar-refractivity contribution in [2.75, 3.05) is 52.2 Å². The highest BCUT2D eigenvalue weighted by Gasteiger charge is 2.34. The molecule has 0 atom stereocenters. The smallest absolute Gasteiger partial charge is 0.282 e. The minimum atomic E-state index is -3.45. The van der Waals surface area contributed by atoms with Crippen LogP contribution < -0.4 is 10.1 Å². The molecule has 0 aromatic heterocycles. The Morgan fingerprint density at radius 2 is 1.79 bits per heavy atom. The Morgan fingerprint density at radius 3 is 2.45 bits per heavy atom. The number of hydrogen-bond acceptors (Lipinski definition) is 5. The van der Waals surface area contributed by atoms with Crippen LogP contribution in [0.15, 0.2) is 24.3 Å². The first-order chi connectivity index (χ1) is 13.9. The number of anilines is 1. The number of rotatable bonds is 7. The lowest BCUT2D eigenvalue weighted by molar-refractivity contribution is -0.117. The van der Waals surface area contributed by atoms with Crippen LogP contribution in [0.5, 0.6) is 5.75 Å². The fraction of sp³-hybridized carbons (Fsp3) is 0.650. The van der Waals surface area contributed by atoms with Gasteiger partial charge in [0.25, 0.3) is 10.2 Å². The number of para-hydroxylation sites is 2. The predicted octanol–water partition coefficient (Wildman–Crippen LogP) is 1.76. The van der Waals surface area contributed by atoms with Crippen LogP contribution in [0.4, 0.5) is 5.69 Å². The molecule has 0 bridgehead atoms. The van der Waals surface area contributed by atoms with Crippen molar-refractivity contribution in [3.63, 3.8) is 0 Å². The summed E-state index contributed by atoms with van der Waals surface area (Å²) in [7, 11) is -0.177. The fourth-order valence-corrected chi connectivity index (χ4v) is 5.65. The van der Waals surface area contributed by atoms with Crippen molar-refractivity contribution in [2.24, 2.45) is 0 Å². The van der Waals surface area contributed by atoms with E-state index in [4.69, 9.17) is 4.74 Å². The molecule has 0 spiro atoms. The van der Waals surface area contributed by atoms with Crippen molar-refractivity contribution in [1.29, 1.82) is 0 Å². The van der Waals surface area contributed by atoms with Crippen LogP contribution in [0.25, 0.3) is 0 Å². The van der Waals surface area contributed by atoms with E-state index in [1.54, 1.807) is 34.9 Å². The lowest BCUT2D eigenvalue weighted by Gasteiger charge is -2.38. The number of nitrogens with zero attached hydrogens (tertiary/aromatic N) is 3. The van der Waals surface area contributed by atoms with Gasteiger partial charge in [0, 0.05) is 39.3 Å². The summed E-state index contributed by atoms with van der Waals surface area (Å²) in [5.74, 6) is 0.479. The maximum Gasteiger partial charge on any atom is 0.282 e. The summed E-state index contributed by atoms with van der Waals surface area (Å²) in [4.78, 5) is 14.4. The molecule has 162 valence electrons. The molecule has 9 heteroatoms. The summed E-state index contributed by atoms with van der Waals surface area (Å²) < 4.78 is 34.3. The zero-order valence-corrected chi connectivity index (χ0v) is 18.2. The van der Waals surface area contributed by atoms with Gasteiger partial charge < -0.3 is 10.1 Å². The number of benzene rings is 1. The first-order valence-corrected chi connectivity index (χ1v) is 11.7. The lowest BCUT2D eigenvalue weighted by Crippen LogP contribution is -2.55. The monoisotopic (exact) mass is 424 g/mol. The topological polar surface area (TPSA) is 82.2 Å². The molecule has 1 saturated carbocycles. The Hall–Kier alpha value is -1.68. The average Bonchev–Trinajstić information content (AvgIpc) is 2.74. The molecule has 1 aliphatic heterocycles. The quantitative estimate of drug-likeness (QED) is 0.721. The number of amides is 1. The van der Waals surface area contributed by atoms with E-state index in [1.165, 1.54) is 6.42 Å². The average molecular weight is 425 g/mol. The van der Waals surface area contributed by atoms with E-state index in [9.17, 15) is 13.2 Å². The van der Waals surface area contributed by atoms with Gasteiger partial charge in [0.05, 0.1) is 19.3 Å². The van der Waals surface area contributed by atoms with Gasteiger partial charge >= 0.3 is 0 Å². The molecule has 2 fully saturated rings. The van der Waals surface area contributed by atoms with E-state index in [1.807, 2.05) is 17.0 Å². The van der Waals surface area contributed by atoms with Crippen LogP contribution in [0, 0.1) is 0 Å². The highest BCUT2D eigenvalue weighted by Crippen LogP contribution is 2.25. The number of methoxy groups -OCH3 is 1. The Kier molecular flexibility index (Phi) is 7.50. The summed E-state index contributed by atoms with van der Waals surface area (Å²) in [5, 5.41) is 2.87. The molecule has 1 aromatic carbocycles. The van der Waals surface area contributed by atoms with Gasteiger partial charge in [-0.3, -0.25) is 9.69 Å². The van der Waals surface area contributed by atoms with Crippen molar-refractivity contribution < 1.29 is 17.9 Å². The van der Waals surface area contributed by atoms with Crippen molar-refractivity contribution in [3.05, 3.63) is 24.3 Å². The van der Waals surface area contributed by atoms with Crippen LogP contribution in [0.1, 0.15) is 32.1 Å². The van der Waals surface area contributed by atoms with Gasteiger partial charge in [-0.05, 0) is 25.0 Å². The van der Waals surface area contributed by atoms with Crippen LogP contribution in [0.3, 0.4) is 0 Å². The molecule has 8 nitrogen and oxygen atoms in total. The maximum absolute atomic E-state index is 13.0. The molecule has 0 radical (unpaired) electrons. The van der Waals surface area contributed by atoms with Gasteiger partial charge in [-0.25, -0.2) is 0 Å². The SMILES string of the molecule is COc1ccccc1NC(=O)CN1CCN(S(=O)(=O)N(C)C2CCCCC2)CC1. The van der Waals surface area contributed by atoms with E-state index < -0.39 is 10.2 Å². The Balaban J connectivity index is 1.50. The van der Waals surface area contributed by atoms with E-state index in [0.29, 0.717) is 37.6 Å². The number of hydrogen-bond donors (Lipinski definition) is 1. The molecule has 1 aliphatic carbocycles. The van der Waals surface area contributed by atoms with E-state index >= 15 is 0 Å². The molecule has 1 aromatic rings. The van der Waals surface area contributed by atoms with Gasteiger partial charge in [-0.1, -0.05) is 31.4 Å². The van der Waals surface area contributed by atoms with Gasteiger partial charge in [-0.2, -0.15) is 17.0 Å². The number of nitrogens with one attached hydrogen (secondary N) is 1. The molecule has 3 rings (SSSR count). The van der Waals surface area contributed by atoms with Crippen molar-refractivity contribution in [3.8, 4) is 5.75 Å². The molecule has 2 aliphatic rings. The van der Waals surface area contributed by atoms with Crippen LogP contribution in [0.2, 0.25) is 0 Å². The van der Waals surface area contributed by atoms with Crippen molar-refractivity contribution in [2.45, 2.75) is 38.1 Å². The van der Waals surface area contributed by atoms with Crippen LogP contribution in [-0.4, -0.2) is 80.8 Å². The van der Waals surface area contributed by atoms with Crippen LogP contribution >= 0.6 is 0 Å². The third-order valence-corrected chi connectivity index (χ3v) is 7.90. The lowest BCUT2D eigenvalue weighted by atomic mass is 9.96. The van der Waals surface area contributed by atoms with Gasteiger partial charge in [0.1, 0.15) is 5.75 Å². The minimum Gasteiger partial charge on any atom is -0.495 e. The molecular formula is C20H32N4O4S. The second-order valence-electron chi connectivity index (χ2n) is 7.74. The molecule has 1 saturated heterocycles. The van der Waals surface area contributed by atoms with Gasteiger partial charge in [0.15, 0.2) is 0 Å². The molecule has 29 heavy (non-hydrogen) atoms. The second kappa shape index (κ2) is 9.88. The number of carbonyl (C=O) groups excluding carboxylic acids is 1. The fourth-order valence-electron chi connectivity index (χ4n) is 4.07. The summed E-state index contributed by atoms with van der Waals surface area (Å²) in [6.45, 7) is 2.11. The summed E-state index contributed by atoms with van der Waals surface area (Å²) in [6.07, 6.45) is 5.27. The Morgan fingerprint density at radius 1 is 1.14 bits per heavy atom. The highest BCUT2D eigenvalue weighted by molar-refractivity contribution is 7.86. The van der Waals surface area contributed by atoms with E-state index in [-0.39, 0.29) is 18.5 Å². The maximum atomic E-state index is 13.0. The summed E-state index contributed by atoms with van der Waals surface area (Å²) in [6, 6.07) is 7.38. The van der Waals surface area contributed by atoms with Crippen LogP contribution in [-0.2, 0) is 15.0 Å². The zero-order valence-electron chi connectivity index (χ0n) is 17.3. The Bertz CT molecular complexity index is 787. The largest absolute Gasteiger partial charge is 0.495 e. The summed E-state index contributed by atoms with van der Waals surface area (Å²) in [5.41, 5.74) is 0.635.